The summed E-state index contributed by atoms with van der Waals surface area (Å²) in [4.78, 5) is 24.3. The molecule has 0 aliphatic heterocycles. The Hall–Kier alpha value is -1.58. The van der Waals surface area contributed by atoms with Crippen molar-refractivity contribution in [3.63, 3.8) is 0 Å². The molecule has 1 heterocycles. The van der Waals surface area contributed by atoms with Crippen LogP contribution in [0, 0.1) is 19.8 Å². The minimum Gasteiger partial charge on any atom is -0.462 e. The lowest BCUT2D eigenvalue weighted by Crippen LogP contribution is -2.29. The first-order valence-corrected chi connectivity index (χ1v) is 7.19. The zero-order valence-electron chi connectivity index (χ0n) is 13.3. The third kappa shape index (κ3) is 3.50. The highest BCUT2D eigenvalue weighted by atomic mass is 16.5. The quantitative estimate of drug-likeness (QED) is 0.777. The lowest BCUT2D eigenvalue weighted by Gasteiger charge is -2.22. The van der Waals surface area contributed by atoms with Gasteiger partial charge in [0.2, 0.25) is 0 Å². The summed E-state index contributed by atoms with van der Waals surface area (Å²) in [5.41, 5.74) is 1.84. The Morgan fingerprint density at radius 3 is 2.40 bits per heavy atom. The SMILES string of the molecule is CCOC(=O)c1c(C)cc(=O)n(C(C)CC(C)C)c1C. The monoisotopic (exact) mass is 279 g/mol. The largest absolute Gasteiger partial charge is 0.462 e. The summed E-state index contributed by atoms with van der Waals surface area (Å²) in [7, 11) is 0. The van der Waals surface area contributed by atoms with Crippen molar-refractivity contribution >= 4 is 5.97 Å². The highest BCUT2D eigenvalue weighted by Gasteiger charge is 2.20. The molecule has 4 nitrogen and oxygen atoms in total. The Kier molecular flexibility index (Phi) is 5.54. The normalized spacial score (nSPS) is 12.6. The molecule has 112 valence electrons. The molecule has 0 amide bonds. The predicted molar refractivity (Wildman–Crippen MR) is 80.3 cm³/mol. The van der Waals surface area contributed by atoms with Crippen molar-refractivity contribution in [2.45, 2.75) is 54.0 Å². The topological polar surface area (TPSA) is 48.3 Å². The maximum atomic E-state index is 12.2. The Bertz CT molecular complexity index is 543. The number of ether oxygens (including phenoxy) is 1. The maximum absolute atomic E-state index is 12.2. The summed E-state index contributed by atoms with van der Waals surface area (Å²) in [6.07, 6.45) is 0.895. The first kappa shape index (κ1) is 16.5. The number of hydrogen-bond donors (Lipinski definition) is 0. The number of hydrogen-bond acceptors (Lipinski definition) is 3. The van der Waals surface area contributed by atoms with E-state index in [9.17, 15) is 9.59 Å². The molecule has 0 fully saturated rings. The van der Waals surface area contributed by atoms with E-state index in [-0.39, 0.29) is 17.6 Å². The molecule has 20 heavy (non-hydrogen) atoms. The molecule has 1 aromatic rings. The predicted octanol–water partition coefficient (Wildman–Crippen LogP) is 3.25. The molecule has 0 saturated carbocycles. The molecule has 0 bridgehead atoms. The molecule has 0 aromatic carbocycles. The molecule has 0 aliphatic carbocycles. The number of aromatic nitrogens is 1. The standard InChI is InChI=1S/C16H25NO3/c1-7-20-16(19)15-11(4)9-14(18)17(13(15)6)12(5)8-10(2)3/h9-10,12H,7-8H2,1-6H3. The van der Waals surface area contributed by atoms with Crippen LogP contribution in [0.15, 0.2) is 10.9 Å². The number of pyridine rings is 1. The molecule has 0 aliphatic rings. The van der Waals surface area contributed by atoms with Gasteiger partial charge in [0, 0.05) is 17.8 Å². The zero-order valence-corrected chi connectivity index (χ0v) is 13.3. The molecule has 1 unspecified atom stereocenters. The summed E-state index contributed by atoms with van der Waals surface area (Å²) in [5, 5.41) is 0. The van der Waals surface area contributed by atoms with Crippen molar-refractivity contribution in [2.75, 3.05) is 6.61 Å². The number of aryl methyl sites for hydroxylation is 1. The van der Waals surface area contributed by atoms with Crippen LogP contribution in [0.5, 0.6) is 0 Å². The maximum Gasteiger partial charge on any atom is 0.340 e. The highest BCUT2D eigenvalue weighted by Crippen LogP contribution is 2.20. The van der Waals surface area contributed by atoms with Crippen molar-refractivity contribution in [3.8, 4) is 0 Å². The average molecular weight is 279 g/mol. The molecule has 0 N–H and O–H groups in total. The number of rotatable bonds is 5. The fourth-order valence-electron chi connectivity index (χ4n) is 2.75. The second-order valence-electron chi connectivity index (χ2n) is 5.70. The molecule has 4 heteroatoms. The van der Waals surface area contributed by atoms with Gasteiger partial charge < -0.3 is 9.30 Å². The number of nitrogens with zero attached hydrogens (tertiary/aromatic N) is 1. The van der Waals surface area contributed by atoms with Crippen molar-refractivity contribution < 1.29 is 9.53 Å². The molecular formula is C16H25NO3. The Balaban J connectivity index is 3.36. The van der Waals surface area contributed by atoms with Gasteiger partial charge in [0.15, 0.2) is 0 Å². The summed E-state index contributed by atoms with van der Waals surface area (Å²) in [6.45, 7) is 12.0. The van der Waals surface area contributed by atoms with Crippen LogP contribution in [0.3, 0.4) is 0 Å². The van der Waals surface area contributed by atoms with E-state index in [1.165, 1.54) is 6.07 Å². The van der Waals surface area contributed by atoms with Crippen molar-refractivity contribution in [3.05, 3.63) is 33.2 Å². The van der Waals surface area contributed by atoms with Gasteiger partial charge in [-0.2, -0.15) is 0 Å². The van der Waals surface area contributed by atoms with Crippen LogP contribution in [0.25, 0.3) is 0 Å². The van der Waals surface area contributed by atoms with Crippen LogP contribution >= 0.6 is 0 Å². The molecule has 0 spiro atoms. The van der Waals surface area contributed by atoms with Gasteiger partial charge in [-0.15, -0.1) is 0 Å². The van der Waals surface area contributed by atoms with E-state index in [2.05, 4.69) is 13.8 Å². The van der Waals surface area contributed by atoms with Crippen LogP contribution in [0.1, 0.15) is 61.8 Å². The molecule has 0 radical (unpaired) electrons. The fraction of sp³-hybridized carbons (Fsp3) is 0.625. The zero-order chi connectivity index (χ0) is 15.4. The van der Waals surface area contributed by atoms with Gasteiger partial charge in [-0.25, -0.2) is 4.79 Å². The van der Waals surface area contributed by atoms with Gasteiger partial charge in [-0.05, 0) is 45.6 Å². The molecule has 1 aromatic heterocycles. The second kappa shape index (κ2) is 6.73. The van der Waals surface area contributed by atoms with Crippen molar-refractivity contribution in [1.82, 2.24) is 4.57 Å². The van der Waals surface area contributed by atoms with E-state index < -0.39 is 0 Å². The Morgan fingerprint density at radius 1 is 1.30 bits per heavy atom. The van der Waals surface area contributed by atoms with Gasteiger partial charge in [-0.3, -0.25) is 4.79 Å². The van der Waals surface area contributed by atoms with E-state index in [0.29, 0.717) is 29.3 Å². The fourth-order valence-corrected chi connectivity index (χ4v) is 2.75. The van der Waals surface area contributed by atoms with E-state index >= 15 is 0 Å². The van der Waals surface area contributed by atoms with E-state index in [1.807, 2.05) is 13.8 Å². The minimum atomic E-state index is -0.354. The second-order valence-corrected chi connectivity index (χ2v) is 5.70. The van der Waals surface area contributed by atoms with Gasteiger partial charge in [0.1, 0.15) is 0 Å². The minimum absolute atomic E-state index is 0.0544. The highest BCUT2D eigenvalue weighted by molar-refractivity contribution is 5.92. The van der Waals surface area contributed by atoms with Gasteiger partial charge >= 0.3 is 5.97 Å². The summed E-state index contributed by atoms with van der Waals surface area (Å²) in [5.74, 6) is 0.136. The van der Waals surface area contributed by atoms with Crippen LogP contribution in [-0.2, 0) is 4.74 Å². The molecule has 1 rings (SSSR count). The van der Waals surface area contributed by atoms with Crippen molar-refractivity contribution in [2.24, 2.45) is 5.92 Å². The van der Waals surface area contributed by atoms with Crippen LogP contribution in [0.4, 0.5) is 0 Å². The van der Waals surface area contributed by atoms with Crippen LogP contribution in [-0.4, -0.2) is 17.1 Å². The van der Waals surface area contributed by atoms with Crippen LogP contribution < -0.4 is 5.56 Å². The van der Waals surface area contributed by atoms with Gasteiger partial charge in [-0.1, -0.05) is 13.8 Å². The summed E-state index contributed by atoms with van der Waals surface area (Å²) >= 11 is 0. The van der Waals surface area contributed by atoms with Crippen molar-refractivity contribution in [1.29, 1.82) is 0 Å². The van der Waals surface area contributed by atoms with E-state index in [4.69, 9.17) is 4.74 Å². The van der Waals surface area contributed by atoms with E-state index in [1.54, 1.807) is 18.4 Å². The first-order chi connectivity index (χ1) is 9.29. The third-order valence-electron chi connectivity index (χ3n) is 3.43. The Labute approximate surface area is 120 Å². The average Bonchev–Trinajstić information content (AvgIpc) is 2.26. The molecule has 0 saturated heterocycles. The Morgan fingerprint density at radius 2 is 1.90 bits per heavy atom. The van der Waals surface area contributed by atoms with Gasteiger partial charge in [0.25, 0.3) is 5.56 Å². The first-order valence-electron chi connectivity index (χ1n) is 7.19. The van der Waals surface area contributed by atoms with Gasteiger partial charge in [0.05, 0.1) is 12.2 Å². The smallest absolute Gasteiger partial charge is 0.340 e. The lowest BCUT2D eigenvalue weighted by molar-refractivity contribution is 0.0523. The number of esters is 1. The molecule has 1 atom stereocenters. The summed E-state index contributed by atoms with van der Waals surface area (Å²) in [6, 6.07) is 1.59. The molecular weight excluding hydrogens is 254 g/mol. The number of carbonyl (C=O) groups is 1. The van der Waals surface area contributed by atoms with Crippen LogP contribution in [0.2, 0.25) is 0 Å². The van der Waals surface area contributed by atoms with E-state index in [0.717, 1.165) is 6.42 Å². The third-order valence-corrected chi connectivity index (χ3v) is 3.43. The number of carbonyl (C=O) groups excluding carboxylic acids is 1. The summed E-state index contributed by atoms with van der Waals surface area (Å²) < 4.78 is 6.80. The lowest BCUT2D eigenvalue weighted by atomic mass is 10.0.